The molecule has 1 unspecified atom stereocenters. The van der Waals surface area contributed by atoms with Crippen LogP contribution in [0.1, 0.15) is 50.0 Å². The molecule has 1 aliphatic heterocycles. The third kappa shape index (κ3) is 4.06. The lowest BCUT2D eigenvalue weighted by molar-refractivity contribution is -0.0217. The highest BCUT2D eigenvalue weighted by Gasteiger charge is 2.36. The molecule has 0 aliphatic carbocycles. The summed E-state index contributed by atoms with van der Waals surface area (Å²) in [6, 6.07) is 10.1. The van der Waals surface area contributed by atoms with Crippen molar-refractivity contribution in [1.82, 2.24) is 4.72 Å². The van der Waals surface area contributed by atoms with Crippen molar-refractivity contribution in [2.45, 2.75) is 44.3 Å². The van der Waals surface area contributed by atoms with E-state index in [-0.39, 0.29) is 4.75 Å². The average Bonchev–Trinajstić information content (AvgIpc) is 3.25. The average molecular weight is 456 g/mol. The molecule has 1 aliphatic rings. The molecule has 2 atom stereocenters. The maximum atomic E-state index is 12.9. The van der Waals surface area contributed by atoms with Crippen molar-refractivity contribution in [2.24, 2.45) is 0 Å². The van der Waals surface area contributed by atoms with Gasteiger partial charge in [0.05, 0.1) is 26.1 Å². The number of benzene rings is 1. The molecule has 1 aromatic carbocycles. The summed E-state index contributed by atoms with van der Waals surface area (Å²) in [6.45, 7) is 7.94. The van der Waals surface area contributed by atoms with Crippen LogP contribution in [0.4, 0.5) is 0 Å². The lowest BCUT2D eigenvalue weighted by atomic mass is 9.87. The van der Waals surface area contributed by atoms with Crippen LogP contribution in [0.3, 0.4) is 0 Å². The van der Waals surface area contributed by atoms with Crippen LogP contribution in [-0.4, -0.2) is 8.96 Å². The van der Waals surface area contributed by atoms with Crippen molar-refractivity contribution in [3.63, 3.8) is 0 Å². The smallest absolute Gasteiger partial charge is 0.275 e. The SMILES string of the molecule is CC(C)(C)S(=O)N[C@](C)(c1cccc(Br)c1)c1csc(C2OC=CO2)c1. The molecule has 3 rings (SSSR count). The zero-order chi connectivity index (χ0) is 18.9. The summed E-state index contributed by atoms with van der Waals surface area (Å²) < 4.78 is 27.8. The van der Waals surface area contributed by atoms with E-state index in [9.17, 15) is 4.21 Å². The van der Waals surface area contributed by atoms with Crippen LogP contribution >= 0.6 is 27.3 Å². The fourth-order valence-electron chi connectivity index (χ4n) is 2.53. The van der Waals surface area contributed by atoms with E-state index in [0.717, 1.165) is 20.5 Å². The highest BCUT2D eigenvalue weighted by atomic mass is 79.9. The second-order valence-electron chi connectivity index (χ2n) is 7.23. The van der Waals surface area contributed by atoms with Crippen LogP contribution in [0.2, 0.25) is 0 Å². The minimum Gasteiger partial charge on any atom is -0.454 e. The number of halogens is 1. The van der Waals surface area contributed by atoms with Crippen molar-refractivity contribution in [1.29, 1.82) is 0 Å². The Morgan fingerprint density at radius 3 is 2.42 bits per heavy atom. The molecule has 2 aromatic rings. The Balaban J connectivity index is 2.01. The molecule has 0 spiro atoms. The second-order valence-corrected chi connectivity index (χ2v) is 11.1. The van der Waals surface area contributed by atoms with Gasteiger partial charge in [0.1, 0.15) is 12.5 Å². The van der Waals surface area contributed by atoms with Crippen LogP contribution < -0.4 is 4.72 Å². The molecule has 1 N–H and O–H groups in total. The summed E-state index contributed by atoms with van der Waals surface area (Å²) in [5.74, 6) is 0. The Morgan fingerprint density at radius 2 is 1.81 bits per heavy atom. The third-order valence-corrected chi connectivity index (χ3v) is 7.30. The van der Waals surface area contributed by atoms with Crippen molar-refractivity contribution in [2.75, 3.05) is 0 Å². The fourth-order valence-corrected chi connectivity index (χ4v) is 4.83. The van der Waals surface area contributed by atoms with Crippen molar-refractivity contribution in [3.8, 4) is 0 Å². The molecule has 0 saturated heterocycles. The van der Waals surface area contributed by atoms with E-state index in [1.165, 1.54) is 0 Å². The molecule has 0 radical (unpaired) electrons. The molecule has 0 amide bonds. The van der Waals surface area contributed by atoms with E-state index in [1.54, 1.807) is 23.9 Å². The first-order chi connectivity index (χ1) is 12.2. The van der Waals surface area contributed by atoms with Crippen molar-refractivity contribution in [3.05, 3.63) is 68.7 Å². The summed E-state index contributed by atoms with van der Waals surface area (Å²) >= 11 is 5.11. The van der Waals surface area contributed by atoms with E-state index in [2.05, 4.69) is 39.0 Å². The monoisotopic (exact) mass is 455 g/mol. The van der Waals surface area contributed by atoms with Crippen LogP contribution in [0, 0.1) is 0 Å². The summed E-state index contributed by atoms with van der Waals surface area (Å²) in [7, 11) is -1.24. The number of ether oxygens (including phenoxy) is 2. The molecule has 0 fully saturated rings. The second kappa shape index (κ2) is 7.46. The Bertz CT molecular complexity index is 835. The zero-order valence-electron chi connectivity index (χ0n) is 15.1. The standard InChI is InChI=1S/C19H22BrNO3S2/c1-18(2,3)26(22)21-19(4,13-6-5-7-15(20)10-13)14-11-16(25-12-14)17-23-8-9-24-17/h5-12,17,21H,1-4H3/t19-,26?/m1/s1. The molecule has 7 heteroatoms. The molecule has 2 heterocycles. The summed E-state index contributed by atoms with van der Waals surface area (Å²) in [5, 5.41) is 2.06. The molecule has 4 nitrogen and oxygen atoms in total. The van der Waals surface area contributed by atoms with Crippen LogP contribution in [-0.2, 0) is 26.0 Å². The number of nitrogens with one attached hydrogen (secondary N) is 1. The number of rotatable bonds is 5. The van der Waals surface area contributed by atoms with E-state index >= 15 is 0 Å². The van der Waals surface area contributed by atoms with Gasteiger partial charge in [0.2, 0.25) is 0 Å². The van der Waals surface area contributed by atoms with Gasteiger partial charge in [0.25, 0.3) is 6.29 Å². The molecule has 0 bridgehead atoms. The van der Waals surface area contributed by atoms with Gasteiger partial charge in [-0.25, -0.2) is 8.93 Å². The molecular formula is C19H22BrNO3S2. The van der Waals surface area contributed by atoms with Crippen LogP contribution in [0.5, 0.6) is 0 Å². The van der Waals surface area contributed by atoms with Gasteiger partial charge in [-0.15, -0.1) is 11.3 Å². The first-order valence-corrected chi connectivity index (χ1v) is 11.0. The summed E-state index contributed by atoms with van der Waals surface area (Å²) in [5.41, 5.74) is 1.43. The van der Waals surface area contributed by atoms with Gasteiger partial charge in [-0.2, -0.15) is 0 Å². The lowest BCUT2D eigenvalue weighted by Gasteiger charge is -2.33. The van der Waals surface area contributed by atoms with E-state index in [0.29, 0.717) is 0 Å². The summed E-state index contributed by atoms with van der Waals surface area (Å²) in [4.78, 5) is 0.967. The van der Waals surface area contributed by atoms with Gasteiger partial charge < -0.3 is 9.47 Å². The van der Waals surface area contributed by atoms with E-state index in [1.807, 2.05) is 45.0 Å². The van der Waals surface area contributed by atoms with Crippen LogP contribution in [0.25, 0.3) is 0 Å². The topological polar surface area (TPSA) is 47.6 Å². The number of hydrogen-bond acceptors (Lipinski definition) is 4. The Labute approximate surface area is 169 Å². The van der Waals surface area contributed by atoms with Crippen molar-refractivity contribution >= 4 is 38.3 Å². The maximum Gasteiger partial charge on any atom is 0.275 e. The van der Waals surface area contributed by atoms with Gasteiger partial charge in [-0.05, 0) is 62.4 Å². The van der Waals surface area contributed by atoms with Gasteiger partial charge in [-0.3, -0.25) is 0 Å². The largest absolute Gasteiger partial charge is 0.454 e. The fraction of sp³-hybridized carbons (Fsp3) is 0.368. The van der Waals surface area contributed by atoms with E-state index < -0.39 is 22.8 Å². The third-order valence-electron chi connectivity index (χ3n) is 4.14. The minimum absolute atomic E-state index is 0.381. The molecule has 140 valence electrons. The quantitative estimate of drug-likeness (QED) is 0.661. The maximum absolute atomic E-state index is 12.9. The van der Waals surface area contributed by atoms with E-state index in [4.69, 9.17) is 9.47 Å². The minimum atomic E-state index is -1.24. The van der Waals surface area contributed by atoms with Gasteiger partial charge >= 0.3 is 0 Å². The first-order valence-electron chi connectivity index (χ1n) is 8.21. The molecule has 0 saturated carbocycles. The predicted octanol–water partition coefficient (Wildman–Crippen LogP) is 5.34. The molecule has 26 heavy (non-hydrogen) atoms. The summed E-state index contributed by atoms with van der Waals surface area (Å²) in [6.07, 6.45) is 2.68. The predicted molar refractivity (Wildman–Crippen MR) is 110 cm³/mol. The van der Waals surface area contributed by atoms with Crippen LogP contribution in [0.15, 0.2) is 52.7 Å². The number of thiophene rings is 1. The van der Waals surface area contributed by atoms with Gasteiger partial charge in [0, 0.05) is 4.47 Å². The molecular weight excluding hydrogens is 434 g/mol. The Hall–Kier alpha value is -1.15. The normalized spacial score (nSPS) is 18.2. The van der Waals surface area contributed by atoms with Gasteiger partial charge in [-0.1, -0.05) is 28.1 Å². The Morgan fingerprint density at radius 1 is 1.12 bits per heavy atom. The lowest BCUT2D eigenvalue weighted by Crippen LogP contribution is -2.46. The first kappa shape index (κ1) is 19.6. The van der Waals surface area contributed by atoms with Crippen molar-refractivity contribution < 1.29 is 13.7 Å². The zero-order valence-corrected chi connectivity index (χ0v) is 18.3. The molecule has 1 aromatic heterocycles. The highest BCUT2D eigenvalue weighted by molar-refractivity contribution is 9.10. The van der Waals surface area contributed by atoms with Gasteiger partial charge in [0.15, 0.2) is 0 Å². The highest BCUT2D eigenvalue weighted by Crippen LogP contribution is 2.38. The number of hydrogen-bond donors (Lipinski definition) is 1. The Kier molecular flexibility index (Phi) is 5.63.